The van der Waals surface area contributed by atoms with Gasteiger partial charge in [0, 0.05) is 11.1 Å². The van der Waals surface area contributed by atoms with Crippen LogP contribution in [0.5, 0.6) is 5.75 Å². The Kier molecular flexibility index (Phi) is 5.25. The van der Waals surface area contributed by atoms with E-state index in [9.17, 15) is 15.2 Å². The average molecular weight is 372 g/mol. The van der Waals surface area contributed by atoms with E-state index in [2.05, 4.69) is 30.7 Å². The fourth-order valence-corrected chi connectivity index (χ4v) is 3.04. The van der Waals surface area contributed by atoms with Crippen LogP contribution in [0.3, 0.4) is 0 Å². The van der Waals surface area contributed by atoms with Crippen molar-refractivity contribution in [3.63, 3.8) is 0 Å². The summed E-state index contributed by atoms with van der Waals surface area (Å²) in [7, 11) is 0. The summed E-state index contributed by atoms with van der Waals surface area (Å²) in [5.41, 5.74) is 1.33. The zero-order valence-corrected chi connectivity index (χ0v) is 17.1. The van der Waals surface area contributed by atoms with Crippen LogP contribution >= 0.6 is 11.8 Å². The van der Waals surface area contributed by atoms with Crippen LogP contribution < -0.4 is 5.56 Å². The summed E-state index contributed by atoms with van der Waals surface area (Å²) in [5, 5.41) is 20.9. The van der Waals surface area contributed by atoms with E-state index in [0.717, 1.165) is 11.1 Å². The standard InChI is InChI=1S/C20H25N3O2S/c1-19(2,3)11-8-12(16(24)14(9-11)20(4,5)6)15-13(10-21)17(25)23-18(22-15)26-7/h8-9,24H,1-7H3,(H,22,23,25). The van der Waals surface area contributed by atoms with Gasteiger partial charge in [0.05, 0.1) is 0 Å². The Morgan fingerprint density at radius 2 is 1.77 bits per heavy atom. The van der Waals surface area contributed by atoms with E-state index in [1.165, 1.54) is 11.8 Å². The van der Waals surface area contributed by atoms with E-state index in [4.69, 9.17) is 0 Å². The van der Waals surface area contributed by atoms with Gasteiger partial charge in [-0.05, 0) is 28.7 Å². The molecule has 138 valence electrons. The van der Waals surface area contributed by atoms with Crippen LogP contribution in [-0.4, -0.2) is 21.3 Å². The average Bonchev–Trinajstić information content (AvgIpc) is 2.52. The number of aromatic hydroxyl groups is 1. The molecular weight excluding hydrogens is 346 g/mol. The maximum absolute atomic E-state index is 12.3. The van der Waals surface area contributed by atoms with Gasteiger partial charge in [-0.25, -0.2) is 4.98 Å². The van der Waals surface area contributed by atoms with E-state index < -0.39 is 5.56 Å². The Morgan fingerprint density at radius 3 is 2.23 bits per heavy atom. The summed E-state index contributed by atoms with van der Waals surface area (Å²) in [6.45, 7) is 12.3. The smallest absolute Gasteiger partial charge is 0.270 e. The highest BCUT2D eigenvalue weighted by molar-refractivity contribution is 7.98. The number of nitriles is 1. The van der Waals surface area contributed by atoms with E-state index in [-0.39, 0.29) is 27.8 Å². The first-order valence-electron chi connectivity index (χ1n) is 8.37. The zero-order chi connectivity index (χ0) is 19.9. The molecule has 0 unspecified atom stereocenters. The minimum Gasteiger partial charge on any atom is -0.507 e. The highest BCUT2D eigenvalue weighted by Gasteiger charge is 2.27. The maximum Gasteiger partial charge on any atom is 0.270 e. The molecule has 0 fully saturated rings. The molecule has 1 aromatic carbocycles. The van der Waals surface area contributed by atoms with Crippen molar-refractivity contribution >= 4 is 11.8 Å². The number of hydrogen-bond acceptors (Lipinski definition) is 5. The number of hydrogen-bond donors (Lipinski definition) is 2. The monoisotopic (exact) mass is 371 g/mol. The van der Waals surface area contributed by atoms with Crippen LogP contribution in [0.25, 0.3) is 11.3 Å². The first-order valence-corrected chi connectivity index (χ1v) is 9.59. The molecule has 5 nitrogen and oxygen atoms in total. The lowest BCUT2D eigenvalue weighted by Gasteiger charge is -2.27. The molecule has 6 heteroatoms. The molecule has 0 aliphatic rings. The van der Waals surface area contributed by atoms with Gasteiger partial charge in [-0.3, -0.25) is 4.79 Å². The van der Waals surface area contributed by atoms with Gasteiger partial charge in [-0.15, -0.1) is 0 Å². The molecule has 0 aliphatic carbocycles. The maximum atomic E-state index is 12.3. The molecule has 2 rings (SSSR count). The van der Waals surface area contributed by atoms with Crippen LogP contribution in [0.4, 0.5) is 0 Å². The minimum absolute atomic E-state index is 0.0622. The molecule has 0 spiro atoms. The van der Waals surface area contributed by atoms with Crippen molar-refractivity contribution in [2.75, 3.05) is 6.26 Å². The fraction of sp³-hybridized carbons (Fsp3) is 0.450. The number of nitrogens with zero attached hydrogens (tertiary/aromatic N) is 2. The van der Waals surface area contributed by atoms with Crippen molar-refractivity contribution in [3.05, 3.63) is 39.2 Å². The molecule has 0 bridgehead atoms. The van der Waals surface area contributed by atoms with Gasteiger partial charge in [-0.1, -0.05) is 59.4 Å². The third kappa shape index (κ3) is 3.78. The normalized spacial score (nSPS) is 12.1. The Morgan fingerprint density at radius 1 is 1.15 bits per heavy atom. The third-order valence-corrected chi connectivity index (χ3v) is 4.82. The second-order valence-corrected chi connectivity index (χ2v) is 9.13. The SMILES string of the molecule is CSc1nc(-c2cc(C(C)(C)C)cc(C(C)(C)C)c2O)c(C#N)c(=O)[nH]1. The summed E-state index contributed by atoms with van der Waals surface area (Å²) in [5.74, 6) is 0.0622. The summed E-state index contributed by atoms with van der Waals surface area (Å²) in [6.07, 6.45) is 1.79. The number of aromatic nitrogens is 2. The van der Waals surface area contributed by atoms with Gasteiger partial charge in [0.1, 0.15) is 23.1 Å². The third-order valence-electron chi connectivity index (χ3n) is 4.24. The number of thioether (sulfide) groups is 1. The first-order chi connectivity index (χ1) is 11.9. The second-order valence-electron chi connectivity index (χ2n) is 8.33. The molecule has 0 radical (unpaired) electrons. The molecule has 0 saturated heterocycles. The van der Waals surface area contributed by atoms with Crippen molar-refractivity contribution in [2.24, 2.45) is 0 Å². The van der Waals surface area contributed by atoms with Gasteiger partial charge in [0.25, 0.3) is 5.56 Å². The lowest BCUT2D eigenvalue weighted by molar-refractivity contribution is 0.446. The Labute approximate surface area is 158 Å². The quantitative estimate of drug-likeness (QED) is 0.606. The van der Waals surface area contributed by atoms with Crippen LogP contribution in [0.2, 0.25) is 0 Å². The number of nitrogens with one attached hydrogen (secondary N) is 1. The fourth-order valence-electron chi connectivity index (χ4n) is 2.67. The Balaban J connectivity index is 2.97. The van der Waals surface area contributed by atoms with Gasteiger partial charge >= 0.3 is 0 Å². The van der Waals surface area contributed by atoms with Crippen molar-refractivity contribution < 1.29 is 5.11 Å². The largest absolute Gasteiger partial charge is 0.507 e. The highest BCUT2D eigenvalue weighted by Crippen LogP contribution is 2.42. The minimum atomic E-state index is -0.500. The Hall–Kier alpha value is -2.26. The van der Waals surface area contributed by atoms with Gasteiger partial charge in [-0.2, -0.15) is 5.26 Å². The molecule has 1 heterocycles. The number of rotatable bonds is 2. The molecule has 2 aromatic rings. The molecule has 26 heavy (non-hydrogen) atoms. The van der Waals surface area contributed by atoms with Crippen LogP contribution in [0.1, 0.15) is 58.2 Å². The predicted octanol–water partition coefficient (Wildman–Crippen LogP) is 4.33. The van der Waals surface area contributed by atoms with Crippen molar-refractivity contribution in [1.29, 1.82) is 5.26 Å². The highest BCUT2D eigenvalue weighted by atomic mass is 32.2. The van der Waals surface area contributed by atoms with Crippen LogP contribution in [-0.2, 0) is 10.8 Å². The van der Waals surface area contributed by atoms with Crippen LogP contribution in [0, 0.1) is 11.3 Å². The number of H-pyrrole nitrogens is 1. The number of aromatic amines is 1. The van der Waals surface area contributed by atoms with E-state index in [1.807, 2.05) is 39.0 Å². The predicted molar refractivity (Wildman–Crippen MR) is 106 cm³/mol. The molecule has 2 N–H and O–H groups in total. The molecule has 1 aromatic heterocycles. The van der Waals surface area contributed by atoms with Crippen molar-refractivity contribution in [3.8, 4) is 23.1 Å². The van der Waals surface area contributed by atoms with Gasteiger partial charge in [0.2, 0.25) is 0 Å². The first kappa shape index (κ1) is 20.1. The zero-order valence-electron chi connectivity index (χ0n) is 16.3. The summed E-state index contributed by atoms with van der Waals surface area (Å²) in [4.78, 5) is 19.3. The summed E-state index contributed by atoms with van der Waals surface area (Å²) < 4.78 is 0. The topological polar surface area (TPSA) is 89.8 Å². The van der Waals surface area contributed by atoms with Crippen LogP contribution in [0.15, 0.2) is 22.1 Å². The summed E-state index contributed by atoms with van der Waals surface area (Å²) in [6, 6.07) is 5.75. The molecular formula is C20H25N3O2S. The molecule has 0 saturated carbocycles. The van der Waals surface area contributed by atoms with Gasteiger partial charge in [0.15, 0.2) is 5.16 Å². The summed E-state index contributed by atoms with van der Waals surface area (Å²) >= 11 is 1.28. The lowest BCUT2D eigenvalue weighted by Crippen LogP contribution is -2.18. The second kappa shape index (κ2) is 6.81. The number of benzene rings is 1. The Bertz CT molecular complexity index is 942. The molecule has 0 amide bonds. The molecule has 0 atom stereocenters. The van der Waals surface area contributed by atoms with E-state index in [1.54, 1.807) is 6.26 Å². The number of phenolic OH excluding ortho intramolecular Hbond substituents is 1. The van der Waals surface area contributed by atoms with E-state index >= 15 is 0 Å². The van der Waals surface area contributed by atoms with Crippen molar-refractivity contribution in [1.82, 2.24) is 9.97 Å². The molecule has 0 aliphatic heterocycles. The van der Waals surface area contributed by atoms with Crippen molar-refractivity contribution in [2.45, 2.75) is 57.5 Å². The lowest BCUT2D eigenvalue weighted by atomic mass is 9.78. The van der Waals surface area contributed by atoms with Gasteiger partial charge < -0.3 is 10.1 Å². The van der Waals surface area contributed by atoms with E-state index in [0.29, 0.717) is 10.7 Å². The number of phenols is 1.